The number of aromatic nitrogens is 1. The van der Waals surface area contributed by atoms with Gasteiger partial charge in [-0.25, -0.2) is 17.9 Å². The number of nitrogens with one attached hydrogen (secondary N) is 1. The molecule has 23 heavy (non-hydrogen) atoms. The van der Waals surface area contributed by atoms with Crippen LogP contribution in [0, 0.1) is 5.82 Å². The van der Waals surface area contributed by atoms with Crippen molar-refractivity contribution in [1.29, 1.82) is 0 Å². The molecule has 0 aliphatic heterocycles. The molecule has 0 aliphatic carbocycles. The van der Waals surface area contributed by atoms with E-state index in [2.05, 4.69) is 15.2 Å². The number of rotatable bonds is 3. The molecule has 4 N–H and O–H groups in total. The van der Waals surface area contributed by atoms with Crippen LogP contribution in [0.1, 0.15) is 0 Å². The SMILES string of the molecule is NS(=O)(=O)c1ccc(N=Nc2c(O)[nH]c3cc(F)ccc23)cc1. The first-order chi connectivity index (χ1) is 10.8. The van der Waals surface area contributed by atoms with Crippen LogP contribution in [-0.4, -0.2) is 18.5 Å². The number of nitrogens with zero attached hydrogens (tertiary/aromatic N) is 2. The van der Waals surface area contributed by atoms with Gasteiger partial charge in [0.1, 0.15) is 5.82 Å². The second-order valence-electron chi connectivity index (χ2n) is 4.75. The number of aromatic amines is 1. The van der Waals surface area contributed by atoms with Gasteiger partial charge in [0.15, 0.2) is 5.69 Å². The van der Waals surface area contributed by atoms with Gasteiger partial charge in [-0.2, -0.15) is 5.11 Å². The first-order valence-corrected chi connectivity index (χ1v) is 7.94. The predicted octanol–water partition coefficient (Wildman–Crippen LogP) is 3.08. The fourth-order valence-corrected chi connectivity index (χ4v) is 2.57. The Bertz CT molecular complexity index is 1010. The second-order valence-corrected chi connectivity index (χ2v) is 6.31. The lowest BCUT2D eigenvalue weighted by molar-refractivity contribution is 0.459. The summed E-state index contributed by atoms with van der Waals surface area (Å²) in [5, 5.41) is 23.2. The van der Waals surface area contributed by atoms with Gasteiger partial charge < -0.3 is 10.1 Å². The molecule has 0 fully saturated rings. The van der Waals surface area contributed by atoms with Gasteiger partial charge in [-0.3, -0.25) is 0 Å². The van der Waals surface area contributed by atoms with E-state index in [1.807, 2.05) is 0 Å². The lowest BCUT2D eigenvalue weighted by Gasteiger charge is -1.97. The number of aromatic hydroxyl groups is 1. The summed E-state index contributed by atoms with van der Waals surface area (Å²) < 4.78 is 35.5. The van der Waals surface area contributed by atoms with Crippen LogP contribution >= 0.6 is 0 Å². The van der Waals surface area contributed by atoms with Crippen molar-refractivity contribution in [3.8, 4) is 5.88 Å². The fraction of sp³-hybridized carbons (Fsp3) is 0. The first-order valence-electron chi connectivity index (χ1n) is 6.39. The van der Waals surface area contributed by atoms with Crippen molar-refractivity contribution >= 4 is 32.3 Å². The maximum atomic E-state index is 13.1. The quantitative estimate of drug-likeness (QED) is 0.638. The van der Waals surface area contributed by atoms with Gasteiger partial charge in [-0.05, 0) is 42.5 Å². The summed E-state index contributed by atoms with van der Waals surface area (Å²) in [6.45, 7) is 0. The topological polar surface area (TPSA) is 121 Å². The van der Waals surface area contributed by atoms with Gasteiger partial charge in [-0.15, -0.1) is 5.11 Å². The summed E-state index contributed by atoms with van der Waals surface area (Å²) in [6.07, 6.45) is 0. The number of hydrogen-bond acceptors (Lipinski definition) is 5. The average molecular weight is 334 g/mol. The van der Waals surface area contributed by atoms with Crippen LogP contribution in [0.4, 0.5) is 15.8 Å². The largest absolute Gasteiger partial charge is 0.493 e. The van der Waals surface area contributed by atoms with Gasteiger partial charge >= 0.3 is 0 Å². The number of benzene rings is 2. The van der Waals surface area contributed by atoms with E-state index < -0.39 is 15.8 Å². The number of halogens is 1. The van der Waals surface area contributed by atoms with Gasteiger partial charge in [-0.1, -0.05) is 0 Å². The first kappa shape index (κ1) is 15.1. The molecule has 0 bridgehead atoms. The number of hydrogen-bond donors (Lipinski definition) is 3. The molecule has 118 valence electrons. The lowest BCUT2D eigenvalue weighted by Crippen LogP contribution is -2.11. The zero-order chi connectivity index (χ0) is 16.6. The predicted molar refractivity (Wildman–Crippen MR) is 81.9 cm³/mol. The van der Waals surface area contributed by atoms with Gasteiger partial charge in [0, 0.05) is 5.39 Å². The van der Waals surface area contributed by atoms with E-state index in [1.165, 1.54) is 42.5 Å². The molecular formula is C14H11FN4O3S. The molecule has 7 nitrogen and oxygen atoms in total. The molecule has 0 spiro atoms. The molecule has 0 saturated carbocycles. The monoisotopic (exact) mass is 334 g/mol. The average Bonchev–Trinajstić information content (AvgIpc) is 2.79. The minimum atomic E-state index is -3.77. The molecule has 1 aromatic heterocycles. The zero-order valence-corrected chi connectivity index (χ0v) is 12.4. The Hall–Kier alpha value is -2.78. The Morgan fingerprint density at radius 1 is 1.09 bits per heavy atom. The van der Waals surface area contributed by atoms with Crippen LogP contribution in [-0.2, 0) is 10.0 Å². The molecule has 3 rings (SSSR count). The van der Waals surface area contributed by atoms with Crippen LogP contribution < -0.4 is 5.14 Å². The summed E-state index contributed by atoms with van der Waals surface area (Å²) >= 11 is 0. The van der Waals surface area contributed by atoms with E-state index in [1.54, 1.807) is 0 Å². The summed E-state index contributed by atoms with van der Waals surface area (Å²) in [5.41, 5.74) is 0.921. The van der Waals surface area contributed by atoms with Crippen LogP contribution in [0.3, 0.4) is 0 Å². The molecule has 3 aromatic rings. The van der Waals surface area contributed by atoms with E-state index in [-0.39, 0.29) is 16.5 Å². The maximum absolute atomic E-state index is 13.1. The van der Waals surface area contributed by atoms with Crippen LogP contribution in [0.25, 0.3) is 10.9 Å². The highest BCUT2D eigenvalue weighted by atomic mass is 32.2. The van der Waals surface area contributed by atoms with E-state index >= 15 is 0 Å². The smallest absolute Gasteiger partial charge is 0.238 e. The van der Waals surface area contributed by atoms with Gasteiger partial charge in [0.25, 0.3) is 0 Å². The van der Waals surface area contributed by atoms with Crippen molar-refractivity contribution in [1.82, 2.24) is 4.98 Å². The highest BCUT2D eigenvalue weighted by Crippen LogP contribution is 2.36. The number of fused-ring (bicyclic) bond motifs is 1. The molecule has 0 atom stereocenters. The maximum Gasteiger partial charge on any atom is 0.238 e. The fourth-order valence-electron chi connectivity index (χ4n) is 2.05. The minimum Gasteiger partial charge on any atom is -0.493 e. The molecule has 1 heterocycles. The zero-order valence-electron chi connectivity index (χ0n) is 11.6. The summed E-state index contributed by atoms with van der Waals surface area (Å²) in [4.78, 5) is 2.56. The van der Waals surface area contributed by atoms with Crippen molar-refractivity contribution in [2.45, 2.75) is 4.90 Å². The number of azo groups is 1. The highest BCUT2D eigenvalue weighted by Gasteiger charge is 2.11. The highest BCUT2D eigenvalue weighted by molar-refractivity contribution is 7.89. The molecule has 0 aliphatic rings. The van der Waals surface area contributed by atoms with E-state index in [4.69, 9.17) is 5.14 Å². The molecule has 0 unspecified atom stereocenters. The molecular weight excluding hydrogens is 323 g/mol. The Balaban J connectivity index is 1.95. The Kier molecular flexibility index (Phi) is 3.58. The summed E-state index contributed by atoms with van der Waals surface area (Å²) in [6, 6.07) is 9.40. The van der Waals surface area contributed by atoms with E-state index in [0.29, 0.717) is 16.6 Å². The molecule has 0 radical (unpaired) electrons. The standard InChI is InChI=1S/C14H11FN4O3S/c15-8-1-6-11-12(7-8)17-14(20)13(11)19-18-9-2-4-10(5-3-9)23(16,21)22/h1-7,17,20H,(H2,16,21,22). The van der Waals surface area contributed by atoms with Crippen LogP contribution in [0.5, 0.6) is 5.88 Å². The summed E-state index contributed by atoms with van der Waals surface area (Å²) in [5.74, 6) is -0.684. The number of sulfonamides is 1. The second kappa shape index (κ2) is 5.45. The van der Waals surface area contributed by atoms with Crippen LogP contribution in [0.15, 0.2) is 57.6 Å². The third kappa shape index (κ3) is 3.05. The van der Waals surface area contributed by atoms with Gasteiger partial charge in [0.2, 0.25) is 15.9 Å². The molecule has 9 heteroatoms. The van der Waals surface area contributed by atoms with E-state index in [0.717, 1.165) is 0 Å². The normalized spacial score (nSPS) is 12.3. The van der Waals surface area contributed by atoms with Crippen LogP contribution in [0.2, 0.25) is 0 Å². The van der Waals surface area contributed by atoms with Crippen molar-refractivity contribution in [2.75, 3.05) is 0 Å². The lowest BCUT2D eigenvalue weighted by atomic mass is 10.2. The Labute approximate surface area is 130 Å². The van der Waals surface area contributed by atoms with Crippen molar-refractivity contribution < 1.29 is 17.9 Å². The van der Waals surface area contributed by atoms with Crippen molar-refractivity contribution in [2.24, 2.45) is 15.4 Å². The number of nitrogens with two attached hydrogens (primary N) is 1. The number of H-pyrrole nitrogens is 1. The molecule has 2 aromatic carbocycles. The number of primary sulfonamides is 1. The Morgan fingerprint density at radius 3 is 2.43 bits per heavy atom. The van der Waals surface area contributed by atoms with Gasteiger partial charge in [0.05, 0.1) is 16.1 Å². The third-order valence-electron chi connectivity index (χ3n) is 3.14. The molecule has 0 saturated heterocycles. The molecule has 0 amide bonds. The third-order valence-corrected chi connectivity index (χ3v) is 4.07. The van der Waals surface area contributed by atoms with E-state index in [9.17, 15) is 17.9 Å². The Morgan fingerprint density at radius 2 is 1.78 bits per heavy atom. The minimum absolute atomic E-state index is 0.0399. The van der Waals surface area contributed by atoms with Crippen molar-refractivity contribution in [3.05, 3.63) is 48.3 Å². The van der Waals surface area contributed by atoms with Crippen molar-refractivity contribution in [3.63, 3.8) is 0 Å². The summed E-state index contributed by atoms with van der Waals surface area (Å²) in [7, 11) is -3.77.